The lowest BCUT2D eigenvalue weighted by molar-refractivity contribution is 0.0801. The highest BCUT2D eigenvalue weighted by molar-refractivity contribution is 4.93. The van der Waals surface area contributed by atoms with Crippen molar-refractivity contribution in [2.45, 2.75) is 18.8 Å². The van der Waals surface area contributed by atoms with Crippen LogP contribution in [0.3, 0.4) is 0 Å². The molecule has 0 aliphatic carbocycles. The molecule has 0 aromatic rings. The lowest BCUT2D eigenvalue weighted by Gasteiger charge is -2.17. The molecule has 2 atom stereocenters. The lowest BCUT2D eigenvalue weighted by Crippen LogP contribution is -2.31. The molecular formula is C5H9NO2. The second kappa shape index (κ2) is 2.15. The monoisotopic (exact) mass is 115 g/mol. The molecular weight excluding hydrogens is 106 g/mol. The van der Waals surface area contributed by atoms with Gasteiger partial charge in [-0.15, -0.1) is 0 Å². The van der Waals surface area contributed by atoms with Gasteiger partial charge in [0, 0.05) is 6.42 Å². The van der Waals surface area contributed by atoms with Gasteiger partial charge in [-0.3, -0.25) is 0 Å². The van der Waals surface area contributed by atoms with Crippen LogP contribution in [0.4, 0.5) is 0 Å². The summed E-state index contributed by atoms with van der Waals surface area (Å²) in [6.45, 7) is 0. The summed E-state index contributed by atoms with van der Waals surface area (Å²) in [6.07, 6.45) is 2.49. The van der Waals surface area contributed by atoms with Crippen molar-refractivity contribution in [3.05, 3.63) is 12.3 Å². The van der Waals surface area contributed by atoms with E-state index in [0.717, 1.165) is 0 Å². The average molecular weight is 115 g/mol. The summed E-state index contributed by atoms with van der Waals surface area (Å²) < 4.78 is 0. The zero-order valence-corrected chi connectivity index (χ0v) is 4.41. The molecule has 3 N–H and O–H groups in total. The van der Waals surface area contributed by atoms with Crippen molar-refractivity contribution < 1.29 is 10.2 Å². The molecule has 0 aromatic carbocycles. The molecule has 1 aliphatic rings. The van der Waals surface area contributed by atoms with Crippen LogP contribution >= 0.6 is 0 Å². The van der Waals surface area contributed by atoms with Gasteiger partial charge in [0.25, 0.3) is 0 Å². The van der Waals surface area contributed by atoms with Crippen molar-refractivity contribution in [2.24, 2.45) is 0 Å². The molecule has 1 rings (SSSR count). The largest absolute Gasteiger partial charge is 0.389 e. The molecule has 0 radical (unpaired) electrons. The Balaban J connectivity index is 2.42. The molecule has 0 saturated carbocycles. The smallest absolute Gasteiger partial charge is 0.126 e. The maximum absolute atomic E-state index is 8.79. The van der Waals surface area contributed by atoms with Crippen molar-refractivity contribution in [3.63, 3.8) is 0 Å². The first-order valence-corrected chi connectivity index (χ1v) is 2.58. The van der Waals surface area contributed by atoms with Crippen molar-refractivity contribution in [3.8, 4) is 0 Å². The van der Waals surface area contributed by atoms with E-state index in [2.05, 4.69) is 5.32 Å². The lowest BCUT2D eigenvalue weighted by atomic mass is 10.2. The van der Waals surface area contributed by atoms with E-state index < -0.39 is 12.3 Å². The minimum absolute atomic E-state index is 0.385. The van der Waals surface area contributed by atoms with E-state index in [1.54, 1.807) is 12.3 Å². The quantitative estimate of drug-likeness (QED) is 0.386. The Hall–Kier alpha value is -0.540. The normalized spacial score (nSPS) is 36.8. The Kier molecular flexibility index (Phi) is 1.50. The summed E-state index contributed by atoms with van der Waals surface area (Å²) in [5.41, 5.74) is 0. The first-order valence-electron chi connectivity index (χ1n) is 2.58. The van der Waals surface area contributed by atoms with Gasteiger partial charge in [-0.05, 0) is 12.3 Å². The molecule has 1 aliphatic heterocycles. The second-order valence-electron chi connectivity index (χ2n) is 1.84. The standard InChI is InChI=1S/C5H9NO2/c7-4-1-2-6-5(8)3-4/h1-2,4-8H,3H2. The fourth-order valence-corrected chi connectivity index (χ4v) is 0.653. The van der Waals surface area contributed by atoms with E-state index in [9.17, 15) is 0 Å². The summed E-state index contributed by atoms with van der Waals surface area (Å²) in [7, 11) is 0. The highest BCUT2D eigenvalue weighted by atomic mass is 16.3. The summed E-state index contributed by atoms with van der Waals surface area (Å²) in [5, 5.41) is 20.2. The summed E-state index contributed by atoms with van der Waals surface area (Å²) >= 11 is 0. The minimum Gasteiger partial charge on any atom is -0.389 e. The first-order chi connectivity index (χ1) is 3.79. The number of aliphatic hydroxyl groups excluding tert-OH is 2. The maximum atomic E-state index is 8.79. The topological polar surface area (TPSA) is 52.5 Å². The zero-order valence-electron chi connectivity index (χ0n) is 4.41. The van der Waals surface area contributed by atoms with E-state index in [-0.39, 0.29) is 0 Å². The molecule has 0 fully saturated rings. The Bertz CT molecular complexity index is 103. The van der Waals surface area contributed by atoms with E-state index in [1.807, 2.05) is 0 Å². The van der Waals surface area contributed by atoms with Crippen LogP contribution in [0.1, 0.15) is 6.42 Å². The molecule has 0 bridgehead atoms. The number of hydrogen-bond donors (Lipinski definition) is 3. The molecule has 3 heteroatoms. The predicted octanol–water partition coefficient (Wildman–Crippen LogP) is -0.827. The third-order valence-electron chi connectivity index (χ3n) is 1.07. The second-order valence-corrected chi connectivity index (χ2v) is 1.84. The van der Waals surface area contributed by atoms with E-state index >= 15 is 0 Å². The van der Waals surface area contributed by atoms with Crippen LogP contribution in [0, 0.1) is 0 Å². The van der Waals surface area contributed by atoms with Gasteiger partial charge in [-0.1, -0.05) is 0 Å². The van der Waals surface area contributed by atoms with Gasteiger partial charge < -0.3 is 15.5 Å². The average Bonchev–Trinajstić information content (AvgIpc) is 1.64. The van der Waals surface area contributed by atoms with Gasteiger partial charge in [0.2, 0.25) is 0 Å². The van der Waals surface area contributed by atoms with Crippen LogP contribution in [0.5, 0.6) is 0 Å². The predicted molar refractivity (Wildman–Crippen MR) is 28.9 cm³/mol. The number of nitrogens with one attached hydrogen (secondary N) is 1. The number of rotatable bonds is 0. The molecule has 1 heterocycles. The molecule has 0 spiro atoms. The SMILES string of the molecule is OC1C=CNC(O)C1. The van der Waals surface area contributed by atoms with Gasteiger partial charge in [-0.2, -0.15) is 0 Å². The molecule has 46 valence electrons. The third kappa shape index (κ3) is 1.21. The Morgan fingerprint density at radius 1 is 1.50 bits per heavy atom. The van der Waals surface area contributed by atoms with Gasteiger partial charge in [0.15, 0.2) is 0 Å². The van der Waals surface area contributed by atoms with E-state index in [4.69, 9.17) is 10.2 Å². The number of hydrogen-bond acceptors (Lipinski definition) is 3. The van der Waals surface area contributed by atoms with Crippen LogP contribution in [-0.2, 0) is 0 Å². The molecule has 8 heavy (non-hydrogen) atoms. The highest BCUT2D eigenvalue weighted by Crippen LogP contribution is 2.01. The maximum Gasteiger partial charge on any atom is 0.126 e. The van der Waals surface area contributed by atoms with Crippen LogP contribution in [0.2, 0.25) is 0 Å². The van der Waals surface area contributed by atoms with Crippen LogP contribution < -0.4 is 5.32 Å². The summed E-state index contributed by atoms with van der Waals surface area (Å²) in [4.78, 5) is 0. The Morgan fingerprint density at radius 3 is 2.62 bits per heavy atom. The molecule has 2 unspecified atom stereocenters. The van der Waals surface area contributed by atoms with Crippen molar-refractivity contribution in [1.82, 2.24) is 5.32 Å². The number of aliphatic hydroxyl groups is 2. The van der Waals surface area contributed by atoms with Gasteiger partial charge in [-0.25, -0.2) is 0 Å². The van der Waals surface area contributed by atoms with Crippen molar-refractivity contribution >= 4 is 0 Å². The molecule has 0 saturated heterocycles. The molecule has 0 amide bonds. The molecule has 0 aromatic heterocycles. The van der Waals surface area contributed by atoms with Gasteiger partial charge in [0.05, 0.1) is 6.10 Å². The van der Waals surface area contributed by atoms with E-state index in [1.165, 1.54) is 0 Å². The minimum atomic E-state index is -0.574. The Labute approximate surface area is 47.6 Å². The summed E-state index contributed by atoms with van der Waals surface area (Å²) in [5.74, 6) is 0. The summed E-state index contributed by atoms with van der Waals surface area (Å²) in [6, 6.07) is 0. The zero-order chi connectivity index (χ0) is 5.98. The van der Waals surface area contributed by atoms with E-state index in [0.29, 0.717) is 6.42 Å². The van der Waals surface area contributed by atoms with Crippen molar-refractivity contribution in [2.75, 3.05) is 0 Å². The van der Waals surface area contributed by atoms with Gasteiger partial charge in [0.1, 0.15) is 6.23 Å². The third-order valence-corrected chi connectivity index (χ3v) is 1.07. The Morgan fingerprint density at radius 2 is 2.25 bits per heavy atom. The first kappa shape index (κ1) is 5.59. The van der Waals surface area contributed by atoms with Crippen LogP contribution in [0.25, 0.3) is 0 Å². The fraction of sp³-hybridized carbons (Fsp3) is 0.600. The fourth-order valence-electron chi connectivity index (χ4n) is 0.653. The van der Waals surface area contributed by atoms with Crippen molar-refractivity contribution in [1.29, 1.82) is 0 Å². The van der Waals surface area contributed by atoms with Gasteiger partial charge >= 0.3 is 0 Å². The molecule has 3 nitrogen and oxygen atoms in total. The van der Waals surface area contributed by atoms with Crippen LogP contribution in [-0.4, -0.2) is 22.5 Å². The highest BCUT2D eigenvalue weighted by Gasteiger charge is 2.10. The van der Waals surface area contributed by atoms with Crippen LogP contribution in [0.15, 0.2) is 12.3 Å².